The lowest BCUT2D eigenvalue weighted by molar-refractivity contribution is -0.110. The molecule has 8 heteroatoms. The summed E-state index contributed by atoms with van der Waals surface area (Å²) in [6.45, 7) is 5.36. The highest BCUT2D eigenvalue weighted by Crippen LogP contribution is 2.35. The third-order valence-electron chi connectivity index (χ3n) is 5.56. The van der Waals surface area contributed by atoms with E-state index >= 15 is 0 Å². The average Bonchev–Trinajstić information content (AvgIpc) is 3.40. The minimum Gasteiger partial charge on any atom is -0.457 e. The Morgan fingerprint density at radius 2 is 2.03 bits per heavy atom. The Kier molecular flexibility index (Phi) is 5.94. The summed E-state index contributed by atoms with van der Waals surface area (Å²) in [7, 11) is 0. The number of aromatic nitrogens is 1. The van der Waals surface area contributed by atoms with Crippen LogP contribution in [0.2, 0.25) is 5.02 Å². The Morgan fingerprint density at radius 3 is 2.84 bits per heavy atom. The van der Waals surface area contributed by atoms with E-state index in [1.54, 1.807) is 30.5 Å². The third kappa shape index (κ3) is 4.55. The summed E-state index contributed by atoms with van der Waals surface area (Å²) in [4.78, 5) is 19.2. The average molecular weight is 451 g/mol. The van der Waals surface area contributed by atoms with Gasteiger partial charge in [0.05, 0.1) is 18.8 Å². The fourth-order valence-electron chi connectivity index (χ4n) is 3.84. The fourth-order valence-corrected chi connectivity index (χ4v) is 4.01. The summed E-state index contributed by atoms with van der Waals surface area (Å²) < 4.78 is 11.3. The smallest absolute Gasteiger partial charge is 0.256 e. The summed E-state index contributed by atoms with van der Waals surface area (Å²) in [5.74, 6) is 1.93. The fraction of sp³-hybridized carbons (Fsp3) is 0.250. The van der Waals surface area contributed by atoms with Gasteiger partial charge in [-0.15, -0.1) is 0 Å². The molecule has 2 N–H and O–H groups in total. The van der Waals surface area contributed by atoms with Crippen LogP contribution in [0.5, 0.6) is 0 Å². The van der Waals surface area contributed by atoms with Gasteiger partial charge in [-0.1, -0.05) is 11.6 Å². The highest BCUT2D eigenvalue weighted by Gasteiger charge is 2.24. The van der Waals surface area contributed by atoms with E-state index in [9.17, 15) is 4.79 Å². The van der Waals surface area contributed by atoms with Gasteiger partial charge in [0.1, 0.15) is 17.3 Å². The van der Waals surface area contributed by atoms with E-state index in [1.807, 2.05) is 24.3 Å². The van der Waals surface area contributed by atoms with Crippen molar-refractivity contribution in [1.29, 1.82) is 0 Å². The molecule has 0 saturated carbocycles. The monoisotopic (exact) mass is 450 g/mol. The van der Waals surface area contributed by atoms with Crippen LogP contribution in [0.3, 0.4) is 0 Å². The highest BCUT2D eigenvalue weighted by atomic mass is 35.5. The number of nitrogens with one attached hydrogen (secondary N) is 2. The first-order valence-corrected chi connectivity index (χ1v) is 11.0. The number of hydrogen-bond donors (Lipinski definition) is 2. The summed E-state index contributed by atoms with van der Waals surface area (Å²) in [6.07, 6.45) is 3.51. The number of nitrogens with zero attached hydrogens (tertiary/aromatic N) is 2. The quantitative estimate of drug-likeness (QED) is 0.547. The molecule has 164 valence electrons. The second-order valence-corrected chi connectivity index (χ2v) is 8.15. The molecule has 0 aliphatic carbocycles. The Bertz CT molecular complexity index is 1150. The van der Waals surface area contributed by atoms with Crippen molar-refractivity contribution in [3.63, 3.8) is 0 Å². The molecule has 2 aliphatic rings. The number of carbonyl (C=O) groups excluding carboxylic acids is 1. The van der Waals surface area contributed by atoms with Crippen molar-refractivity contribution in [2.24, 2.45) is 0 Å². The first-order valence-electron chi connectivity index (χ1n) is 10.6. The molecule has 2 aliphatic heterocycles. The van der Waals surface area contributed by atoms with Crippen LogP contribution in [0, 0.1) is 0 Å². The van der Waals surface area contributed by atoms with Crippen LogP contribution in [-0.4, -0.2) is 55.2 Å². The number of pyridine rings is 1. The normalized spacial score (nSPS) is 17.4. The molecule has 32 heavy (non-hydrogen) atoms. The van der Waals surface area contributed by atoms with Gasteiger partial charge in [-0.25, -0.2) is 4.98 Å². The van der Waals surface area contributed by atoms with E-state index in [4.69, 9.17) is 20.8 Å². The van der Waals surface area contributed by atoms with E-state index in [-0.39, 0.29) is 5.91 Å². The molecule has 1 saturated heterocycles. The maximum absolute atomic E-state index is 12.4. The Hall–Kier alpha value is -3.13. The largest absolute Gasteiger partial charge is 0.457 e. The summed E-state index contributed by atoms with van der Waals surface area (Å²) >= 11 is 6.10. The number of ether oxygens (including phenoxy) is 1. The Morgan fingerprint density at radius 1 is 1.16 bits per heavy atom. The van der Waals surface area contributed by atoms with Gasteiger partial charge in [0, 0.05) is 54.2 Å². The van der Waals surface area contributed by atoms with E-state index in [2.05, 4.69) is 20.5 Å². The van der Waals surface area contributed by atoms with Crippen molar-refractivity contribution in [3.8, 4) is 11.3 Å². The number of carbonyl (C=O) groups is 1. The SMILES string of the molecule is O=C1Nc2ccc(Cl)cc2/C1=C/c1ccc(-c2ccc(NCCN3CCOCC3)nc2)o1. The van der Waals surface area contributed by atoms with Crippen LogP contribution in [0.15, 0.2) is 53.1 Å². The van der Waals surface area contributed by atoms with E-state index in [0.717, 1.165) is 62.0 Å². The topological polar surface area (TPSA) is 79.6 Å². The van der Waals surface area contributed by atoms with Gasteiger partial charge >= 0.3 is 0 Å². The lowest BCUT2D eigenvalue weighted by Crippen LogP contribution is -2.39. The molecule has 1 amide bonds. The van der Waals surface area contributed by atoms with Crippen LogP contribution < -0.4 is 10.6 Å². The second kappa shape index (κ2) is 9.16. The number of morpholine rings is 1. The maximum atomic E-state index is 12.4. The zero-order valence-electron chi connectivity index (χ0n) is 17.4. The molecule has 0 unspecified atom stereocenters. The number of anilines is 2. The number of halogens is 1. The zero-order chi connectivity index (χ0) is 21.9. The molecular weight excluding hydrogens is 428 g/mol. The highest BCUT2D eigenvalue weighted by molar-refractivity contribution is 6.36. The first kappa shape index (κ1) is 20.8. The summed E-state index contributed by atoms with van der Waals surface area (Å²) in [5.41, 5.74) is 2.92. The molecule has 0 bridgehead atoms. The number of fused-ring (bicyclic) bond motifs is 1. The number of benzene rings is 1. The number of rotatable bonds is 6. The lowest BCUT2D eigenvalue weighted by atomic mass is 10.1. The van der Waals surface area contributed by atoms with Gasteiger partial charge in [-0.05, 0) is 48.5 Å². The van der Waals surface area contributed by atoms with Crippen LogP contribution in [0.1, 0.15) is 11.3 Å². The minimum atomic E-state index is -0.172. The zero-order valence-corrected chi connectivity index (χ0v) is 18.2. The first-order chi connectivity index (χ1) is 15.7. The summed E-state index contributed by atoms with van der Waals surface area (Å²) in [5, 5.41) is 6.78. The van der Waals surface area contributed by atoms with E-state index in [1.165, 1.54) is 0 Å². The molecule has 7 nitrogen and oxygen atoms in total. The summed E-state index contributed by atoms with van der Waals surface area (Å²) in [6, 6.07) is 13.0. The molecule has 0 radical (unpaired) electrons. The third-order valence-corrected chi connectivity index (χ3v) is 5.80. The second-order valence-electron chi connectivity index (χ2n) is 7.72. The minimum absolute atomic E-state index is 0.172. The van der Waals surface area contributed by atoms with Crippen molar-refractivity contribution in [3.05, 3.63) is 65.0 Å². The number of furan rings is 1. The van der Waals surface area contributed by atoms with Crippen molar-refractivity contribution >= 4 is 40.7 Å². The molecule has 3 aromatic rings. The van der Waals surface area contributed by atoms with Gasteiger partial charge in [0.15, 0.2) is 0 Å². The van der Waals surface area contributed by atoms with Crippen molar-refractivity contribution in [1.82, 2.24) is 9.88 Å². The predicted molar refractivity (Wildman–Crippen MR) is 126 cm³/mol. The van der Waals surface area contributed by atoms with Gasteiger partial charge in [0.25, 0.3) is 5.91 Å². The molecule has 4 heterocycles. The molecule has 0 atom stereocenters. The molecule has 1 fully saturated rings. The van der Waals surface area contributed by atoms with Crippen LogP contribution in [0.25, 0.3) is 23.0 Å². The van der Waals surface area contributed by atoms with Gasteiger partial charge in [-0.2, -0.15) is 0 Å². The van der Waals surface area contributed by atoms with Crippen molar-refractivity contribution in [2.75, 3.05) is 50.0 Å². The molecule has 0 spiro atoms. The van der Waals surface area contributed by atoms with Crippen LogP contribution in [0.4, 0.5) is 11.5 Å². The number of amides is 1. The number of hydrogen-bond acceptors (Lipinski definition) is 6. The predicted octanol–water partition coefficient (Wildman–Crippen LogP) is 4.23. The van der Waals surface area contributed by atoms with Crippen LogP contribution in [-0.2, 0) is 9.53 Å². The molecule has 1 aromatic carbocycles. The van der Waals surface area contributed by atoms with Crippen molar-refractivity contribution in [2.45, 2.75) is 0 Å². The van der Waals surface area contributed by atoms with Crippen LogP contribution >= 0.6 is 11.6 Å². The van der Waals surface area contributed by atoms with Gasteiger partial charge in [0.2, 0.25) is 0 Å². The van der Waals surface area contributed by atoms with E-state index in [0.29, 0.717) is 22.1 Å². The Labute approximate surface area is 191 Å². The van der Waals surface area contributed by atoms with E-state index < -0.39 is 0 Å². The molecule has 5 rings (SSSR count). The maximum Gasteiger partial charge on any atom is 0.256 e. The van der Waals surface area contributed by atoms with Gasteiger partial charge in [-0.3, -0.25) is 9.69 Å². The standard InChI is InChI=1S/C24H23ClN4O3/c25-17-2-4-21-19(13-17)20(24(30)28-21)14-18-3-5-22(32-18)16-1-6-23(27-15-16)26-7-8-29-9-11-31-12-10-29/h1-6,13-15H,7-12H2,(H,26,27)(H,28,30)/b20-14-. The van der Waals surface area contributed by atoms with Crippen molar-refractivity contribution < 1.29 is 13.9 Å². The van der Waals surface area contributed by atoms with Gasteiger partial charge < -0.3 is 19.8 Å². The lowest BCUT2D eigenvalue weighted by Gasteiger charge is -2.26. The Balaban J connectivity index is 1.24. The molecule has 2 aromatic heterocycles. The molecular formula is C24H23ClN4O3.